The highest BCUT2D eigenvalue weighted by Crippen LogP contribution is 2.36. The van der Waals surface area contributed by atoms with E-state index in [1.807, 2.05) is 19.1 Å². The van der Waals surface area contributed by atoms with Crippen molar-refractivity contribution in [3.63, 3.8) is 0 Å². The van der Waals surface area contributed by atoms with Crippen LogP contribution in [-0.2, 0) is 9.53 Å². The van der Waals surface area contributed by atoms with Crippen molar-refractivity contribution in [3.05, 3.63) is 77.9 Å². The molecule has 0 spiro atoms. The average molecular weight is 455 g/mol. The van der Waals surface area contributed by atoms with Crippen molar-refractivity contribution in [1.29, 1.82) is 0 Å². The van der Waals surface area contributed by atoms with E-state index in [2.05, 4.69) is 79.1 Å². The Hall–Kier alpha value is -3.51. The first-order valence-corrected chi connectivity index (χ1v) is 11.9. The van der Waals surface area contributed by atoms with E-state index in [1.54, 1.807) is 0 Å². The summed E-state index contributed by atoms with van der Waals surface area (Å²) in [5, 5.41) is 0. The Morgan fingerprint density at radius 2 is 1.32 bits per heavy atom. The van der Waals surface area contributed by atoms with Gasteiger partial charge < -0.3 is 9.47 Å². The summed E-state index contributed by atoms with van der Waals surface area (Å²) in [6.45, 7) is 4.28. The first-order valence-electron chi connectivity index (χ1n) is 11.9. The van der Waals surface area contributed by atoms with Gasteiger partial charge in [0.25, 0.3) is 0 Å². The van der Waals surface area contributed by atoms with Crippen molar-refractivity contribution in [1.82, 2.24) is 0 Å². The number of aryl methyl sites for hydroxylation is 1. The van der Waals surface area contributed by atoms with E-state index in [0.717, 1.165) is 28.5 Å². The minimum Gasteiger partial charge on any atom is -0.482 e. The van der Waals surface area contributed by atoms with Crippen molar-refractivity contribution in [2.75, 3.05) is 13.7 Å². The van der Waals surface area contributed by atoms with Gasteiger partial charge in [-0.2, -0.15) is 0 Å². The van der Waals surface area contributed by atoms with Gasteiger partial charge in [0.05, 0.1) is 7.11 Å². The minimum atomic E-state index is -0.384. The first kappa shape index (κ1) is 25.1. The molecule has 176 valence electrons. The predicted molar refractivity (Wildman–Crippen MR) is 140 cm³/mol. The minimum absolute atomic E-state index is 0.0793. The maximum Gasteiger partial charge on any atom is 0.343 e. The van der Waals surface area contributed by atoms with E-state index in [0.29, 0.717) is 5.75 Å². The second-order valence-electron chi connectivity index (χ2n) is 9.00. The van der Waals surface area contributed by atoms with E-state index < -0.39 is 0 Å². The number of carbonyl (C=O) groups is 1. The summed E-state index contributed by atoms with van der Waals surface area (Å²) in [5.74, 6) is 1.93. The van der Waals surface area contributed by atoms with Crippen molar-refractivity contribution in [2.24, 2.45) is 5.92 Å². The molecule has 0 aliphatic heterocycles. The van der Waals surface area contributed by atoms with Gasteiger partial charge in [-0.3, -0.25) is 0 Å². The number of esters is 1. The van der Waals surface area contributed by atoms with E-state index >= 15 is 0 Å². The molecule has 0 saturated heterocycles. The molecule has 0 radical (unpaired) electrons. The molecule has 1 aliphatic carbocycles. The molecule has 1 fully saturated rings. The Labute approximate surface area is 204 Å². The summed E-state index contributed by atoms with van der Waals surface area (Å²) in [4.78, 5) is 11.3. The Balaban J connectivity index is 0.00000158. The van der Waals surface area contributed by atoms with Gasteiger partial charge >= 0.3 is 5.97 Å². The van der Waals surface area contributed by atoms with Gasteiger partial charge in [0, 0.05) is 0 Å². The van der Waals surface area contributed by atoms with E-state index in [9.17, 15) is 4.79 Å². The van der Waals surface area contributed by atoms with Crippen LogP contribution in [0.3, 0.4) is 0 Å². The van der Waals surface area contributed by atoms with Crippen LogP contribution in [0.25, 0.3) is 22.3 Å². The van der Waals surface area contributed by atoms with Gasteiger partial charge in [-0.1, -0.05) is 74.4 Å². The van der Waals surface area contributed by atoms with Crippen LogP contribution in [0.4, 0.5) is 0 Å². The van der Waals surface area contributed by atoms with Gasteiger partial charge in [0.1, 0.15) is 5.75 Å². The molecule has 0 amide bonds. The van der Waals surface area contributed by atoms with Gasteiger partial charge in [0.2, 0.25) is 0 Å². The fraction of sp³-hybridized carbons (Fsp3) is 0.323. The first-order chi connectivity index (χ1) is 16.5. The molecule has 0 N–H and O–H groups in total. The van der Waals surface area contributed by atoms with Crippen molar-refractivity contribution in [2.45, 2.75) is 45.4 Å². The molecule has 4 rings (SSSR count). The molecule has 34 heavy (non-hydrogen) atoms. The molecular weight excluding hydrogens is 420 g/mol. The highest BCUT2D eigenvalue weighted by molar-refractivity contribution is 5.72. The van der Waals surface area contributed by atoms with Crippen molar-refractivity contribution >= 4 is 5.97 Å². The van der Waals surface area contributed by atoms with Crippen LogP contribution >= 0.6 is 0 Å². The molecule has 0 bridgehead atoms. The van der Waals surface area contributed by atoms with Crippen LogP contribution < -0.4 is 4.74 Å². The third-order valence-corrected chi connectivity index (χ3v) is 6.70. The second kappa shape index (κ2) is 12.1. The number of terminal acetylenes is 1. The third kappa shape index (κ3) is 6.29. The Morgan fingerprint density at radius 1 is 0.824 bits per heavy atom. The van der Waals surface area contributed by atoms with Gasteiger partial charge in [-0.15, -0.1) is 12.8 Å². The molecule has 3 nitrogen and oxygen atoms in total. The van der Waals surface area contributed by atoms with Gasteiger partial charge in [0.15, 0.2) is 6.61 Å². The lowest BCUT2D eigenvalue weighted by Crippen LogP contribution is -2.12. The maximum absolute atomic E-state index is 11.3. The quantitative estimate of drug-likeness (QED) is 0.287. The lowest BCUT2D eigenvalue weighted by Gasteiger charge is -2.26. The second-order valence-corrected chi connectivity index (χ2v) is 9.00. The highest BCUT2D eigenvalue weighted by Gasteiger charge is 2.19. The molecule has 0 unspecified atom stereocenters. The van der Waals surface area contributed by atoms with Gasteiger partial charge in [-0.25, -0.2) is 4.79 Å². The van der Waals surface area contributed by atoms with E-state index in [1.165, 1.54) is 49.5 Å². The Morgan fingerprint density at radius 3 is 1.85 bits per heavy atom. The topological polar surface area (TPSA) is 35.5 Å². The van der Waals surface area contributed by atoms with Crippen molar-refractivity contribution < 1.29 is 14.3 Å². The summed E-state index contributed by atoms with van der Waals surface area (Å²) in [6.07, 6.45) is 13.3. The molecule has 1 aliphatic rings. The SMILES string of the molecule is C#C.COC(=O)COc1ccc(-c2ccc(-c3ccc(C4CCC(C)CC4)cc3)cc2)cc1C. The van der Waals surface area contributed by atoms with E-state index in [4.69, 9.17) is 4.74 Å². The molecule has 3 aromatic carbocycles. The maximum atomic E-state index is 11.3. The summed E-state index contributed by atoms with van der Waals surface area (Å²) >= 11 is 0. The number of rotatable bonds is 6. The molecule has 0 heterocycles. The zero-order chi connectivity index (χ0) is 24.5. The highest BCUT2D eigenvalue weighted by atomic mass is 16.6. The molecule has 0 atom stereocenters. The van der Waals surface area contributed by atoms with Gasteiger partial charge in [-0.05, 0) is 77.1 Å². The number of methoxy groups -OCH3 is 1. The van der Waals surface area contributed by atoms with Crippen LogP contribution in [0.1, 0.15) is 49.7 Å². The smallest absolute Gasteiger partial charge is 0.343 e. The van der Waals surface area contributed by atoms with Crippen molar-refractivity contribution in [3.8, 4) is 40.9 Å². The van der Waals surface area contributed by atoms with Crippen LogP contribution in [-0.4, -0.2) is 19.7 Å². The zero-order valence-corrected chi connectivity index (χ0v) is 20.4. The zero-order valence-electron chi connectivity index (χ0n) is 20.4. The van der Waals surface area contributed by atoms with E-state index in [-0.39, 0.29) is 12.6 Å². The fourth-order valence-corrected chi connectivity index (χ4v) is 4.58. The normalized spacial score (nSPS) is 17.2. The third-order valence-electron chi connectivity index (χ3n) is 6.70. The summed E-state index contributed by atoms with van der Waals surface area (Å²) in [6, 6.07) is 23.9. The molecule has 1 saturated carbocycles. The standard InChI is InChI=1S/C29H32O3.C2H2/c1-20-4-6-22(7-5-20)23-8-10-24(11-9-23)25-12-14-26(15-13-25)27-16-17-28(21(2)18-27)32-19-29(30)31-3;1-2/h8-18,20,22H,4-7,19H2,1-3H3;1-2H. The summed E-state index contributed by atoms with van der Waals surface area (Å²) in [5.41, 5.74) is 7.25. The Bertz CT molecular complexity index is 1090. The molecular formula is C31H34O3. The van der Waals surface area contributed by atoms with Crippen LogP contribution in [0.5, 0.6) is 5.75 Å². The number of carbonyl (C=O) groups excluding carboxylic acids is 1. The van der Waals surface area contributed by atoms with Crippen LogP contribution in [0.15, 0.2) is 66.7 Å². The van der Waals surface area contributed by atoms with Crippen LogP contribution in [0.2, 0.25) is 0 Å². The monoisotopic (exact) mass is 454 g/mol. The number of benzene rings is 3. The number of ether oxygens (including phenoxy) is 2. The number of hydrogen-bond acceptors (Lipinski definition) is 3. The Kier molecular flexibility index (Phi) is 8.93. The largest absolute Gasteiger partial charge is 0.482 e. The predicted octanol–water partition coefficient (Wildman–Crippen LogP) is 7.42. The summed E-state index contributed by atoms with van der Waals surface area (Å²) < 4.78 is 10.2. The lowest BCUT2D eigenvalue weighted by atomic mass is 9.79. The number of hydrogen-bond donors (Lipinski definition) is 0. The molecule has 0 aromatic heterocycles. The molecule has 3 aromatic rings. The summed E-state index contributed by atoms with van der Waals surface area (Å²) in [7, 11) is 1.36. The lowest BCUT2D eigenvalue weighted by molar-refractivity contribution is -0.142. The van der Waals surface area contributed by atoms with Crippen LogP contribution in [0, 0.1) is 25.7 Å². The molecule has 3 heteroatoms. The average Bonchev–Trinajstić information content (AvgIpc) is 2.89. The fourth-order valence-electron chi connectivity index (χ4n) is 4.58.